The number of rotatable bonds is 3. The van der Waals surface area contributed by atoms with Crippen molar-refractivity contribution >= 4 is 11.9 Å². The van der Waals surface area contributed by atoms with E-state index in [1.807, 2.05) is 6.92 Å². The Labute approximate surface area is 88.0 Å². The molecule has 80 valence electrons. The lowest BCUT2D eigenvalue weighted by molar-refractivity contribution is 0.0599. The predicted octanol–water partition coefficient (Wildman–Crippen LogP) is 1.13. The van der Waals surface area contributed by atoms with Gasteiger partial charge in [0.1, 0.15) is 0 Å². The third-order valence-corrected chi connectivity index (χ3v) is 2.18. The molecule has 0 atom stereocenters. The first-order chi connectivity index (χ1) is 7.10. The lowest BCUT2D eigenvalue weighted by Gasteiger charge is -2.06. The SMILES string of the molecule is CCc1cc(C(N)=O)ccc1C(=O)OC. The van der Waals surface area contributed by atoms with Gasteiger partial charge in [-0.3, -0.25) is 4.79 Å². The second-order valence-electron chi connectivity index (χ2n) is 3.08. The monoisotopic (exact) mass is 207 g/mol. The number of carbonyl (C=O) groups is 2. The zero-order valence-corrected chi connectivity index (χ0v) is 8.74. The standard InChI is InChI=1S/C11H13NO3/c1-3-7-6-8(10(12)13)4-5-9(7)11(14)15-2/h4-6H,3H2,1-2H3,(H2,12,13). The van der Waals surface area contributed by atoms with Crippen LogP contribution < -0.4 is 5.73 Å². The van der Waals surface area contributed by atoms with E-state index in [1.165, 1.54) is 13.2 Å². The van der Waals surface area contributed by atoms with Gasteiger partial charge in [-0.2, -0.15) is 0 Å². The summed E-state index contributed by atoms with van der Waals surface area (Å²) in [5.41, 5.74) is 6.78. The van der Waals surface area contributed by atoms with Crippen molar-refractivity contribution in [1.29, 1.82) is 0 Å². The number of carbonyl (C=O) groups excluding carboxylic acids is 2. The smallest absolute Gasteiger partial charge is 0.338 e. The number of benzene rings is 1. The molecule has 1 aromatic rings. The molecule has 0 aromatic heterocycles. The highest BCUT2D eigenvalue weighted by atomic mass is 16.5. The Balaban J connectivity index is 3.20. The molecule has 0 spiro atoms. The quantitative estimate of drug-likeness (QED) is 0.755. The van der Waals surface area contributed by atoms with E-state index in [0.717, 1.165) is 5.56 Å². The normalized spacial score (nSPS) is 9.73. The molecule has 0 aliphatic carbocycles. The maximum Gasteiger partial charge on any atom is 0.338 e. The van der Waals surface area contributed by atoms with Crippen molar-refractivity contribution in [2.24, 2.45) is 5.73 Å². The van der Waals surface area contributed by atoms with Crippen molar-refractivity contribution in [3.05, 3.63) is 34.9 Å². The third-order valence-electron chi connectivity index (χ3n) is 2.18. The van der Waals surface area contributed by atoms with E-state index in [9.17, 15) is 9.59 Å². The van der Waals surface area contributed by atoms with Gasteiger partial charge in [-0.05, 0) is 30.2 Å². The van der Waals surface area contributed by atoms with Crippen LogP contribution in [0.3, 0.4) is 0 Å². The van der Waals surface area contributed by atoms with Crippen molar-refractivity contribution < 1.29 is 14.3 Å². The average Bonchev–Trinajstić information content (AvgIpc) is 2.27. The van der Waals surface area contributed by atoms with Gasteiger partial charge in [-0.25, -0.2) is 4.79 Å². The molecule has 0 aliphatic rings. The number of esters is 1. The van der Waals surface area contributed by atoms with Gasteiger partial charge in [-0.1, -0.05) is 6.92 Å². The number of ether oxygens (including phenoxy) is 1. The van der Waals surface area contributed by atoms with Crippen LogP contribution in [-0.4, -0.2) is 19.0 Å². The highest BCUT2D eigenvalue weighted by Gasteiger charge is 2.12. The molecule has 0 saturated heterocycles. The molecule has 4 heteroatoms. The van der Waals surface area contributed by atoms with E-state index in [-0.39, 0.29) is 0 Å². The van der Waals surface area contributed by atoms with Gasteiger partial charge in [0.2, 0.25) is 5.91 Å². The van der Waals surface area contributed by atoms with Crippen molar-refractivity contribution in [1.82, 2.24) is 0 Å². The summed E-state index contributed by atoms with van der Waals surface area (Å²) in [6.07, 6.45) is 0.644. The molecule has 1 amide bonds. The molecule has 4 nitrogen and oxygen atoms in total. The molecule has 0 radical (unpaired) electrons. The second kappa shape index (κ2) is 4.59. The van der Waals surface area contributed by atoms with Gasteiger partial charge in [0.05, 0.1) is 12.7 Å². The zero-order valence-electron chi connectivity index (χ0n) is 8.74. The number of methoxy groups -OCH3 is 1. The second-order valence-corrected chi connectivity index (χ2v) is 3.08. The number of amides is 1. The first-order valence-electron chi connectivity index (χ1n) is 4.61. The summed E-state index contributed by atoms with van der Waals surface area (Å²) in [5, 5.41) is 0. The van der Waals surface area contributed by atoms with E-state index >= 15 is 0 Å². The fraction of sp³-hybridized carbons (Fsp3) is 0.273. The molecule has 0 unspecified atom stereocenters. The topological polar surface area (TPSA) is 69.4 Å². The number of aryl methyl sites for hydroxylation is 1. The van der Waals surface area contributed by atoms with E-state index < -0.39 is 11.9 Å². The highest BCUT2D eigenvalue weighted by Crippen LogP contribution is 2.13. The van der Waals surface area contributed by atoms with E-state index in [1.54, 1.807) is 12.1 Å². The fourth-order valence-corrected chi connectivity index (χ4v) is 1.35. The largest absolute Gasteiger partial charge is 0.465 e. The Bertz CT molecular complexity index is 399. The highest BCUT2D eigenvalue weighted by molar-refractivity contribution is 5.96. The number of primary amides is 1. The Kier molecular flexibility index (Phi) is 3.44. The Morgan fingerprint density at radius 3 is 2.53 bits per heavy atom. The molecule has 0 heterocycles. The van der Waals surface area contributed by atoms with Gasteiger partial charge in [0, 0.05) is 5.56 Å². The number of hydrogen-bond acceptors (Lipinski definition) is 3. The molecular formula is C11H13NO3. The van der Waals surface area contributed by atoms with Crippen molar-refractivity contribution in [2.45, 2.75) is 13.3 Å². The molecule has 2 N–H and O–H groups in total. The lowest BCUT2D eigenvalue weighted by Crippen LogP contribution is -2.13. The van der Waals surface area contributed by atoms with Gasteiger partial charge >= 0.3 is 5.97 Å². The summed E-state index contributed by atoms with van der Waals surface area (Å²) in [4.78, 5) is 22.3. The van der Waals surface area contributed by atoms with Crippen LogP contribution in [0.4, 0.5) is 0 Å². The number of hydrogen-bond donors (Lipinski definition) is 1. The fourth-order valence-electron chi connectivity index (χ4n) is 1.35. The summed E-state index contributed by atoms with van der Waals surface area (Å²) in [6.45, 7) is 1.90. The minimum absolute atomic E-state index is 0.400. The molecule has 0 saturated carbocycles. The van der Waals surface area contributed by atoms with Gasteiger partial charge in [0.25, 0.3) is 0 Å². The van der Waals surface area contributed by atoms with E-state index in [0.29, 0.717) is 17.5 Å². The average molecular weight is 207 g/mol. The Morgan fingerprint density at radius 1 is 1.40 bits per heavy atom. The van der Waals surface area contributed by atoms with Crippen LogP contribution in [0, 0.1) is 0 Å². The van der Waals surface area contributed by atoms with Crippen molar-refractivity contribution in [3.63, 3.8) is 0 Å². The summed E-state index contributed by atoms with van der Waals surface area (Å²) < 4.78 is 4.62. The van der Waals surface area contributed by atoms with Crippen LogP contribution in [0.5, 0.6) is 0 Å². The summed E-state index contributed by atoms with van der Waals surface area (Å²) in [5.74, 6) is -0.899. The summed E-state index contributed by atoms with van der Waals surface area (Å²) in [7, 11) is 1.32. The Hall–Kier alpha value is -1.84. The van der Waals surface area contributed by atoms with Gasteiger partial charge < -0.3 is 10.5 Å². The van der Waals surface area contributed by atoms with Gasteiger partial charge in [-0.15, -0.1) is 0 Å². The molecule has 1 aromatic carbocycles. The van der Waals surface area contributed by atoms with Gasteiger partial charge in [0.15, 0.2) is 0 Å². The molecular weight excluding hydrogens is 194 g/mol. The molecule has 1 rings (SSSR count). The molecule has 0 bridgehead atoms. The van der Waals surface area contributed by atoms with E-state index in [4.69, 9.17) is 5.73 Å². The van der Waals surface area contributed by atoms with E-state index in [2.05, 4.69) is 4.74 Å². The first-order valence-corrected chi connectivity index (χ1v) is 4.61. The summed E-state index contributed by atoms with van der Waals surface area (Å²) in [6, 6.07) is 4.70. The third kappa shape index (κ3) is 2.34. The lowest BCUT2D eigenvalue weighted by atomic mass is 10.0. The molecule has 0 aliphatic heterocycles. The minimum atomic E-state index is -0.499. The van der Waals surface area contributed by atoms with Crippen LogP contribution in [-0.2, 0) is 11.2 Å². The Morgan fingerprint density at radius 2 is 2.07 bits per heavy atom. The van der Waals surface area contributed by atoms with Crippen LogP contribution in [0.25, 0.3) is 0 Å². The molecule has 0 fully saturated rings. The first kappa shape index (κ1) is 11.2. The zero-order chi connectivity index (χ0) is 11.4. The van der Waals surface area contributed by atoms with Crippen molar-refractivity contribution in [2.75, 3.05) is 7.11 Å². The maximum atomic E-state index is 11.3. The number of nitrogens with two attached hydrogens (primary N) is 1. The van der Waals surface area contributed by atoms with Crippen LogP contribution >= 0.6 is 0 Å². The minimum Gasteiger partial charge on any atom is -0.465 e. The summed E-state index contributed by atoms with van der Waals surface area (Å²) >= 11 is 0. The van der Waals surface area contributed by atoms with Crippen LogP contribution in [0.15, 0.2) is 18.2 Å². The molecule has 15 heavy (non-hydrogen) atoms. The van der Waals surface area contributed by atoms with Crippen LogP contribution in [0.1, 0.15) is 33.2 Å². The van der Waals surface area contributed by atoms with Crippen molar-refractivity contribution in [3.8, 4) is 0 Å². The predicted molar refractivity (Wildman–Crippen MR) is 55.7 cm³/mol. The van der Waals surface area contributed by atoms with Crippen LogP contribution in [0.2, 0.25) is 0 Å². The maximum absolute atomic E-state index is 11.3.